The summed E-state index contributed by atoms with van der Waals surface area (Å²) in [6.07, 6.45) is 0.581. The summed E-state index contributed by atoms with van der Waals surface area (Å²) in [6.45, 7) is 4.68. The lowest BCUT2D eigenvalue weighted by Gasteiger charge is -2.11. The van der Waals surface area contributed by atoms with Gasteiger partial charge in [-0.3, -0.25) is 4.79 Å². The van der Waals surface area contributed by atoms with Crippen LogP contribution in [0.2, 0.25) is 0 Å². The van der Waals surface area contributed by atoms with Gasteiger partial charge in [0.25, 0.3) is 5.91 Å². The van der Waals surface area contributed by atoms with E-state index in [1.807, 2.05) is 35.9 Å². The Hall–Kier alpha value is -2.34. The van der Waals surface area contributed by atoms with Crippen molar-refractivity contribution >= 4 is 28.7 Å². The fourth-order valence-corrected chi connectivity index (χ4v) is 3.78. The van der Waals surface area contributed by atoms with Gasteiger partial charge in [-0.2, -0.15) is 0 Å². The topological polar surface area (TPSA) is 46.9 Å². The van der Waals surface area contributed by atoms with E-state index in [-0.39, 0.29) is 11.7 Å². The number of imidazole rings is 1. The molecule has 0 saturated heterocycles. The Morgan fingerprint density at radius 1 is 1.27 bits per heavy atom. The van der Waals surface area contributed by atoms with Crippen LogP contribution in [0.3, 0.4) is 0 Å². The van der Waals surface area contributed by atoms with Crippen LogP contribution in [0.25, 0.3) is 11.0 Å². The van der Waals surface area contributed by atoms with Crippen LogP contribution in [-0.4, -0.2) is 27.3 Å². The van der Waals surface area contributed by atoms with Gasteiger partial charge in [-0.25, -0.2) is 9.37 Å². The Labute approximate surface area is 156 Å². The van der Waals surface area contributed by atoms with Crippen molar-refractivity contribution in [3.8, 4) is 0 Å². The molecule has 1 heterocycles. The van der Waals surface area contributed by atoms with E-state index in [4.69, 9.17) is 0 Å². The Morgan fingerprint density at radius 3 is 2.81 bits per heavy atom. The molecule has 0 unspecified atom stereocenters. The first-order chi connectivity index (χ1) is 12.5. The highest BCUT2D eigenvalue weighted by Gasteiger charge is 2.13. The summed E-state index contributed by atoms with van der Waals surface area (Å²) in [5.41, 5.74) is 2.21. The number of aromatic nitrogens is 2. The van der Waals surface area contributed by atoms with Gasteiger partial charge in [-0.1, -0.05) is 26.0 Å². The quantitative estimate of drug-likeness (QED) is 0.661. The van der Waals surface area contributed by atoms with Gasteiger partial charge in [0.05, 0.1) is 16.6 Å². The SMILES string of the molecule is CC(C)Sc1ccccc1C(=O)NCCc1nc2ccc(F)cc2n1C. The second-order valence-corrected chi connectivity index (χ2v) is 8.01. The van der Waals surface area contributed by atoms with Crippen molar-refractivity contribution in [1.29, 1.82) is 0 Å². The lowest BCUT2D eigenvalue weighted by molar-refractivity contribution is 0.0951. The number of thioether (sulfide) groups is 1. The van der Waals surface area contributed by atoms with Gasteiger partial charge in [-0.15, -0.1) is 11.8 Å². The van der Waals surface area contributed by atoms with Crippen LogP contribution < -0.4 is 5.32 Å². The number of carbonyl (C=O) groups excluding carboxylic acids is 1. The molecular weight excluding hydrogens is 349 g/mol. The molecule has 0 radical (unpaired) electrons. The number of fused-ring (bicyclic) bond motifs is 1. The van der Waals surface area contributed by atoms with Crippen LogP contribution in [0.15, 0.2) is 47.4 Å². The molecule has 0 bridgehead atoms. The highest BCUT2D eigenvalue weighted by molar-refractivity contribution is 8.00. The van der Waals surface area contributed by atoms with Crippen molar-refractivity contribution in [2.75, 3.05) is 6.54 Å². The molecule has 1 amide bonds. The highest BCUT2D eigenvalue weighted by atomic mass is 32.2. The second-order valence-electron chi connectivity index (χ2n) is 6.39. The minimum Gasteiger partial charge on any atom is -0.352 e. The first kappa shape index (κ1) is 18.5. The van der Waals surface area contributed by atoms with Gasteiger partial charge in [-0.05, 0) is 30.3 Å². The van der Waals surface area contributed by atoms with E-state index in [1.165, 1.54) is 12.1 Å². The predicted octanol–water partition coefficient (Wildman–Crippen LogP) is 4.19. The van der Waals surface area contributed by atoms with Crippen LogP contribution >= 0.6 is 11.8 Å². The van der Waals surface area contributed by atoms with Crippen LogP contribution in [0, 0.1) is 5.82 Å². The van der Waals surface area contributed by atoms with Crippen molar-refractivity contribution in [2.45, 2.75) is 30.4 Å². The Morgan fingerprint density at radius 2 is 2.04 bits per heavy atom. The van der Waals surface area contributed by atoms with Crippen LogP contribution in [0.5, 0.6) is 0 Å². The lowest BCUT2D eigenvalue weighted by atomic mass is 10.2. The fraction of sp³-hybridized carbons (Fsp3) is 0.300. The van der Waals surface area contributed by atoms with E-state index in [1.54, 1.807) is 17.8 Å². The molecular formula is C20H22FN3OS. The van der Waals surface area contributed by atoms with Crippen molar-refractivity contribution in [2.24, 2.45) is 7.05 Å². The number of aryl methyl sites for hydroxylation is 1. The number of nitrogens with zero attached hydrogens (tertiary/aromatic N) is 2. The fourth-order valence-electron chi connectivity index (χ4n) is 2.83. The summed E-state index contributed by atoms with van der Waals surface area (Å²) < 4.78 is 15.3. The zero-order valence-corrected chi connectivity index (χ0v) is 15.9. The van der Waals surface area contributed by atoms with E-state index < -0.39 is 0 Å². The molecule has 0 aliphatic rings. The number of amides is 1. The maximum absolute atomic E-state index is 13.4. The van der Waals surface area contributed by atoms with Crippen molar-refractivity contribution in [3.63, 3.8) is 0 Å². The average Bonchev–Trinajstić information content (AvgIpc) is 2.90. The molecule has 4 nitrogen and oxygen atoms in total. The molecule has 136 valence electrons. The van der Waals surface area contributed by atoms with E-state index in [9.17, 15) is 9.18 Å². The first-order valence-electron chi connectivity index (χ1n) is 8.60. The molecule has 0 fully saturated rings. The monoisotopic (exact) mass is 371 g/mol. The molecule has 0 saturated carbocycles. The molecule has 0 aliphatic carbocycles. The number of rotatable bonds is 6. The normalized spacial score (nSPS) is 11.3. The summed E-state index contributed by atoms with van der Waals surface area (Å²) in [6, 6.07) is 12.2. The minimum absolute atomic E-state index is 0.0847. The summed E-state index contributed by atoms with van der Waals surface area (Å²) in [4.78, 5) is 18.0. The molecule has 3 rings (SSSR count). The maximum atomic E-state index is 13.4. The van der Waals surface area contributed by atoms with Crippen molar-refractivity contribution < 1.29 is 9.18 Å². The maximum Gasteiger partial charge on any atom is 0.252 e. The molecule has 0 atom stereocenters. The summed E-state index contributed by atoms with van der Waals surface area (Å²) >= 11 is 1.68. The van der Waals surface area contributed by atoms with Crippen molar-refractivity contribution in [1.82, 2.24) is 14.9 Å². The third kappa shape index (κ3) is 4.07. The molecule has 1 aromatic heterocycles. The molecule has 1 N–H and O–H groups in total. The minimum atomic E-state index is -0.278. The standard InChI is InChI=1S/C20H22FN3OS/c1-13(2)26-18-7-5-4-6-15(18)20(25)22-11-10-19-23-16-9-8-14(21)12-17(16)24(19)3/h4-9,12-13H,10-11H2,1-3H3,(H,22,25). The lowest BCUT2D eigenvalue weighted by Crippen LogP contribution is -2.26. The summed E-state index contributed by atoms with van der Waals surface area (Å²) in [5, 5.41) is 3.37. The van der Waals surface area contributed by atoms with Gasteiger partial charge in [0, 0.05) is 30.2 Å². The Kier molecular flexibility index (Phi) is 5.61. The summed E-state index contributed by atoms with van der Waals surface area (Å²) in [5.74, 6) is 0.453. The zero-order chi connectivity index (χ0) is 18.7. The van der Waals surface area contributed by atoms with Gasteiger partial charge in [0.15, 0.2) is 0 Å². The highest BCUT2D eigenvalue weighted by Crippen LogP contribution is 2.26. The van der Waals surface area contributed by atoms with E-state index >= 15 is 0 Å². The Balaban J connectivity index is 1.67. The van der Waals surface area contributed by atoms with Gasteiger partial charge >= 0.3 is 0 Å². The second kappa shape index (κ2) is 7.91. The van der Waals surface area contributed by atoms with Crippen LogP contribution in [0.4, 0.5) is 4.39 Å². The molecule has 26 heavy (non-hydrogen) atoms. The third-order valence-corrected chi connectivity index (χ3v) is 5.15. The molecule has 3 aromatic rings. The van der Waals surface area contributed by atoms with Gasteiger partial charge in [0.2, 0.25) is 0 Å². The Bertz CT molecular complexity index is 936. The molecule has 0 spiro atoms. The number of nitrogens with one attached hydrogen (secondary N) is 1. The van der Waals surface area contributed by atoms with Crippen molar-refractivity contribution in [3.05, 3.63) is 59.7 Å². The molecule has 2 aromatic carbocycles. The zero-order valence-electron chi connectivity index (χ0n) is 15.1. The molecule has 6 heteroatoms. The largest absolute Gasteiger partial charge is 0.352 e. The van der Waals surface area contributed by atoms with Gasteiger partial charge < -0.3 is 9.88 Å². The van der Waals surface area contributed by atoms with Crippen LogP contribution in [-0.2, 0) is 13.5 Å². The van der Waals surface area contributed by atoms with E-state index in [0.29, 0.717) is 23.8 Å². The first-order valence-corrected chi connectivity index (χ1v) is 9.48. The molecule has 0 aliphatic heterocycles. The summed E-state index contributed by atoms with van der Waals surface area (Å²) in [7, 11) is 1.86. The predicted molar refractivity (Wildman–Crippen MR) is 104 cm³/mol. The number of benzene rings is 2. The third-order valence-electron chi connectivity index (χ3n) is 4.06. The van der Waals surface area contributed by atoms with Gasteiger partial charge in [0.1, 0.15) is 11.6 Å². The smallest absolute Gasteiger partial charge is 0.252 e. The average molecular weight is 371 g/mol. The van der Waals surface area contributed by atoms with Crippen LogP contribution in [0.1, 0.15) is 30.0 Å². The number of halogens is 1. The number of hydrogen-bond acceptors (Lipinski definition) is 3. The van der Waals surface area contributed by atoms with E-state index in [2.05, 4.69) is 24.1 Å². The number of carbonyl (C=O) groups is 1. The number of hydrogen-bond donors (Lipinski definition) is 1. The van der Waals surface area contributed by atoms with E-state index in [0.717, 1.165) is 21.8 Å².